The lowest BCUT2D eigenvalue weighted by Gasteiger charge is -2.19. The predicted octanol–water partition coefficient (Wildman–Crippen LogP) is 3.71. The molecule has 5 rings (SSSR count). The molecule has 1 amide bonds. The first-order valence-electron chi connectivity index (χ1n) is 10.6. The number of rotatable bonds is 4. The summed E-state index contributed by atoms with van der Waals surface area (Å²) in [7, 11) is -3.47. The summed E-state index contributed by atoms with van der Waals surface area (Å²) in [5.74, 6) is 1.41. The molecule has 1 aliphatic rings. The number of thiazole rings is 1. The summed E-state index contributed by atoms with van der Waals surface area (Å²) in [6, 6.07) is 12.1. The van der Waals surface area contributed by atoms with Gasteiger partial charge in [-0.25, -0.2) is 18.4 Å². The lowest BCUT2D eigenvalue weighted by atomic mass is 10.0. The van der Waals surface area contributed by atoms with Crippen molar-refractivity contribution in [1.29, 1.82) is 0 Å². The van der Waals surface area contributed by atoms with Gasteiger partial charge in [0.1, 0.15) is 23.1 Å². The zero-order valence-electron chi connectivity index (χ0n) is 18.9. The second-order valence-electron chi connectivity index (χ2n) is 8.26. The van der Waals surface area contributed by atoms with E-state index in [2.05, 4.69) is 25.7 Å². The number of carbonyl (C=O) groups excluding carboxylic acids is 1. The van der Waals surface area contributed by atoms with E-state index in [1.165, 1.54) is 0 Å². The van der Waals surface area contributed by atoms with E-state index in [-0.39, 0.29) is 11.0 Å². The summed E-state index contributed by atoms with van der Waals surface area (Å²) in [5, 5.41) is 0.182. The molecule has 0 saturated carbocycles. The number of nitrogens with zero attached hydrogens (tertiary/aromatic N) is 3. The van der Waals surface area contributed by atoms with E-state index in [0.29, 0.717) is 30.3 Å². The van der Waals surface area contributed by atoms with E-state index in [9.17, 15) is 13.2 Å². The third-order valence-corrected chi connectivity index (χ3v) is 7.28. The van der Waals surface area contributed by atoms with Crippen LogP contribution in [0.15, 0.2) is 36.4 Å². The second kappa shape index (κ2) is 8.41. The summed E-state index contributed by atoms with van der Waals surface area (Å²) < 4.78 is 31.3. The highest BCUT2D eigenvalue weighted by Gasteiger charge is 2.25. The van der Waals surface area contributed by atoms with Crippen molar-refractivity contribution in [1.82, 2.24) is 19.9 Å². The van der Waals surface area contributed by atoms with Crippen LogP contribution in [0.1, 0.15) is 26.8 Å². The molecule has 1 aliphatic heterocycles. The molecule has 0 saturated heterocycles. The summed E-state index contributed by atoms with van der Waals surface area (Å²) >= 11 is 1.04. The smallest absolute Gasteiger partial charge is 0.266 e. The molecule has 2 N–H and O–H groups in total. The number of aromatic nitrogens is 3. The van der Waals surface area contributed by atoms with Gasteiger partial charge in [-0.15, -0.1) is 0 Å². The third-order valence-electron chi connectivity index (χ3n) is 5.52. The van der Waals surface area contributed by atoms with Gasteiger partial charge in [-0.3, -0.25) is 9.52 Å². The molecule has 0 fully saturated rings. The number of benzene rings is 2. The number of sulfonamides is 1. The van der Waals surface area contributed by atoms with Gasteiger partial charge in [-0.2, -0.15) is 0 Å². The topological polar surface area (TPSA) is 117 Å². The lowest BCUT2D eigenvalue weighted by Crippen LogP contribution is -2.32. The van der Waals surface area contributed by atoms with Crippen molar-refractivity contribution in [3.63, 3.8) is 0 Å². The maximum absolute atomic E-state index is 13.3. The minimum Gasteiger partial charge on any atom is -0.491 e. The van der Waals surface area contributed by atoms with E-state index < -0.39 is 10.0 Å². The molecule has 4 aromatic rings. The summed E-state index contributed by atoms with van der Waals surface area (Å²) in [6.45, 7) is 4.78. The molecule has 3 heterocycles. The molecule has 0 spiro atoms. The van der Waals surface area contributed by atoms with Gasteiger partial charge in [0.2, 0.25) is 10.0 Å². The number of ether oxygens (including phenoxy) is 1. The van der Waals surface area contributed by atoms with Crippen molar-refractivity contribution in [2.24, 2.45) is 0 Å². The van der Waals surface area contributed by atoms with Crippen molar-refractivity contribution in [3.8, 4) is 16.9 Å². The van der Waals surface area contributed by atoms with E-state index in [0.717, 1.165) is 56.9 Å². The molecule has 34 heavy (non-hydrogen) atoms. The molecule has 2 aromatic heterocycles. The molecule has 176 valence electrons. The SMILES string of the molecule is Cc1nc2ccc(-c3ccc4c(c3)CN(C(=O)c3sc(NS(C)(=O)=O)nc3C)CCO4)cc2[nH]1. The van der Waals surface area contributed by atoms with Gasteiger partial charge in [-0.05, 0) is 49.2 Å². The standard InChI is InChI=1S/C23H23N5O4S2/c1-13-21(33-23(24-13)27-34(3,30)31)22(29)28-8-9-32-20-7-5-15(10-17(20)12-28)16-4-6-18-19(11-16)26-14(2)25-18/h4-7,10-11H,8-9,12H2,1-3H3,(H,24,27)(H,25,26). The van der Waals surface area contributed by atoms with Crippen molar-refractivity contribution in [3.05, 3.63) is 58.4 Å². The molecule has 0 bridgehead atoms. The van der Waals surface area contributed by atoms with Crippen LogP contribution in [-0.2, 0) is 16.6 Å². The van der Waals surface area contributed by atoms with Gasteiger partial charge in [0.25, 0.3) is 5.91 Å². The summed E-state index contributed by atoms with van der Waals surface area (Å²) in [5.41, 5.74) is 5.33. The fourth-order valence-electron chi connectivity index (χ4n) is 4.00. The molecule has 0 atom stereocenters. The van der Waals surface area contributed by atoms with Crippen LogP contribution in [0.2, 0.25) is 0 Å². The average molecular weight is 498 g/mol. The molecule has 0 radical (unpaired) electrons. The normalized spacial score (nSPS) is 13.9. The van der Waals surface area contributed by atoms with Gasteiger partial charge in [0, 0.05) is 12.1 Å². The molecule has 2 aromatic carbocycles. The lowest BCUT2D eigenvalue weighted by molar-refractivity contribution is 0.0737. The maximum atomic E-state index is 13.3. The Morgan fingerprint density at radius 3 is 2.71 bits per heavy atom. The zero-order valence-corrected chi connectivity index (χ0v) is 20.5. The number of aromatic amines is 1. The molecular formula is C23H23N5O4S2. The molecular weight excluding hydrogens is 474 g/mol. The first-order chi connectivity index (χ1) is 16.2. The van der Waals surface area contributed by atoms with Gasteiger partial charge in [0.15, 0.2) is 5.13 Å². The van der Waals surface area contributed by atoms with Gasteiger partial charge < -0.3 is 14.6 Å². The number of carbonyl (C=O) groups is 1. The third kappa shape index (κ3) is 4.48. The number of hydrogen-bond donors (Lipinski definition) is 2. The molecule has 0 unspecified atom stereocenters. The Morgan fingerprint density at radius 1 is 1.15 bits per heavy atom. The number of anilines is 1. The monoisotopic (exact) mass is 497 g/mol. The van der Waals surface area contributed by atoms with Gasteiger partial charge in [-0.1, -0.05) is 23.5 Å². The number of aryl methyl sites for hydroxylation is 2. The van der Waals surface area contributed by atoms with Crippen LogP contribution in [0.25, 0.3) is 22.2 Å². The fourth-order valence-corrected chi connectivity index (χ4v) is 5.77. The molecule has 9 nitrogen and oxygen atoms in total. The predicted molar refractivity (Wildman–Crippen MR) is 132 cm³/mol. The minimum atomic E-state index is -3.47. The number of fused-ring (bicyclic) bond motifs is 2. The largest absolute Gasteiger partial charge is 0.491 e. The van der Waals surface area contributed by atoms with Crippen LogP contribution in [-0.4, -0.2) is 53.6 Å². The van der Waals surface area contributed by atoms with Crippen LogP contribution >= 0.6 is 11.3 Å². The Balaban J connectivity index is 1.43. The van der Waals surface area contributed by atoms with Crippen LogP contribution in [0.3, 0.4) is 0 Å². The number of imidazole rings is 1. The number of hydrogen-bond acceptors (Lipinski definition) is 7. The highest BCUT2D eigenvalue weighted by molar-refractivity contribution is 7.92. The van der Waals surface area contributed by atoms with E-state index in [4.69, 9.17) is 4.74 Å². The highest BCUT2D eigenvalue weighted by Crippen LogP contribution is 2.32. The molecule has 11 heteroatoms. The Morgan fingerprint density at radius 2 is 1.91 bits per heavy atom. The first kappa shape index (κ1) is 22.4. The van der Waals surface area contributed by atoms with E-state index >= 15 is 0 Å². The van der Waals surface area contributed by atoms with Crippen LogP contribution in [0, 0.1) is 13.8 Å². The van der Waals surface area contributed by atoms with Crippen molar-refractivity contribution < 1.29 is 17.9 Å². The van der Waals surface area contributed by atoms with Crippen molar-refractivity contribution in [2.75, 3.05) is 24.1 Å². The van der Waals surface area contributed by atoms with Crippen molar-refractivity contribution in [2.45, 2.75) is 20.4 Å². The van der Waals surface area contributed by atoms with Crippen LogP contribution in [0.4, 0.5) is 5.13 Å². The van der Waals surface area contributed by atoms with Crippen LogP contribution in [0.5, 0.6) is 5.75 Å². The minimum absolute atomic E-state index is 0.182. The van der Waals surface area contributed by atoms with Gasteiger partial charge >= 0.3 is 0 Å². The first-order valence-corrected chi connectivity index (χ1v) is 13.3. The summed E-state index contributed by atoms with van der Waals surface area (Å²) in [4.78, 5) is 27.4. The number of H-pyrrole nitrogens is 1. The highest BCUT2D eigenvalue weighted by atomic mass is 32.2. The van der Waals surface area contributed by atoms with E-state index in [1.54, 1.807) is 11.8 Å². The Labute approximate surface area is 200 Å². The quantitative estimate of drug-likeness (QED) is 0.444. The average Bonchev–Trinajstić information content (AvgIpc) is 3.23. The Bertz CT molecular complexity index is 1520. The zero-order chi connectivity index (χ0) is 24.0. The Hall–Kier alpha value is -3.44. The second-order valence-corrected chi connectivity index (χ2v) is 11.0. The Kier molecular flexibility index (Phi) is 5.53. The van der Waals surface area contributed by atoms with Gasteiger partial charge in [0.05, 0.1) is 29.5 Å². The summed E-state index contributed by atoms with van der Waals surface area (Å²) in [6.07, 6.45) is 1.05. The van der Waals surface area contributed by atoms with Crippen molar-refractivity contribution >= 4 is 43.4 Å². The van der Waals surface area contributed by atoms with Crippen LogP contribution < -0.4 is 9.46 Å². The fraction of sp³-hybridized carbons (Fsp3) is 0.261. The van der Waals surface area contributed by atoms with E-state index in [1.807, 2.05) is 37.3 Å². The molecule has 0 aliphatic carbocycles. The number of nitrogens with one attached hydrogen (secondary N) is 2. The maximum Gasteiger partial charge on any atom is 0.266 e. The number of amides is 1.